The Kier molecular flexibility index (Phi) is 4.29. The van der Waals surface area contributed by atoms with Gasteiger partial charge in [-0.1, -0.05) is 0 Å². The molecule has 0 saturated carbocycles. The molecule has 1 aliphatic heterocycles. The summed E-state index contributed by atoms with van der Waals surface area (Å²) in [6.07, 6.45) is 3.39. The quantitative estimate of drug-likeness (QED) is 0.546. The van der Waals surface area contributed by atoms with Crippen LogP contribution in [0.25, 0.3) is 11.2 Å². The molecule has 3 aromatic rings. The van der Waals surface area contributed by atoms with E-state index in [4.69, 9.17) is 9.47 Å². The van der Waals surface area contributed by atoms with Gasteiger partial charge in [0.25, 0.3) is 0 Å². The Hall–Kier alpha value is -2.94. The Bertz CT molecular complexity index is 940. The number of hydrogen-bond donors (Lipinski definition) is 2. The van der Waals surface area contributed by atoms with E-state index in [9.17, 15) is 9.50 Å². The van der Waals surface area contributed by atoms with Crippen molar-refractivity contribution in [2.24, 2.45) is 0 Å². The van der Waals surface area contributed by atoms with Gasteiger partial charge in [0, 0.05) is 12.7 Å². The summed E-state index contributed by atoms with van der Waals surface area (Å²) in [6.45, 7) is 0.660. The third kappa shape index (κ3) is 3.01. The second kappa shape index (κ2) is 6.75. The van der Waals surface area contributed by atoms with Gasteiger partial charge in [-0.05, 0) is 31.4 Å². The largest absolute Gasteiger partial charge is 0.508 e. The van der Waals surface area contributed by atoms with Crippen LogP contribution in [0.2, 0.25) is 0 Å². The van der Waals surface area contributed by atoms with Crippen molar-refractivity contribution in [2.75, 3.05) is 19.0 Å². The number of imidazole rings is 1. The van der Waals surface area contributed by atoms with Crippen molar-refractivity contribution in [3.8, 4) is 11.5 Å². The summed E-state index contributed by atoms with van der Waals surface area (Å²) in [5.74, 6) is 0.670. The fourth-order valence-electron chi connectivity index (χ4n) is 3.04. The number of anilines is 2. The van der Waals surface area contributed by atoms with Gasteiger partial charge >= 0.3 is 6.08 Å². The molecule has 1 aromatic carbocycles. The second-order valence-electron chi connectivity index (χ2n) is 6.00. The predicted octanol–water partition coefficient (Wildman–Crippen LogP) is 3.12. The average molecular weight is 359 g/mol. The standard InChI is InChI=1S/C17H18FN5O3/c1-25-12-8-10(24)5-6-11(12)20-15-14-16(22-17(18)21-15)23(9-19-14)13-4-2-3-7-26-13/h5-6,8-9,13,24H,2-4,7H2,1H3,(H,20,21,22). The van der Waals surface area contributed by atoms with Crippen LogP contribution in [0, 0.1) is 6.08 Å². The zero-order valence-corrected chi connectivity index (χ0v) is 14.1. The van der Waals surface area contributed by atoms with Crippen LogP contribution >= 0.6 is 0 Å². The highest BCUT2D eigenvalue weighted by molar-refractivity contribution is 5.86. The van der Waals surface area contributed by atoms with Crippen molar-refractivity contribution in [3.05, 3.63) is 30.6 Å². The van der Waals surface area contributed by atoms with E-state index in [1.807, 2.05) is 0 Å². The molecule has 136 valence electrons. The third-order valence-electron chi connectivity index (χ3n) is 4.30. The number of halogens is 1. The van der Waals surface area contributed by atoms with Crippen molar-refractivity contribution in [3.63, 3.8) is 0 Å². The van der Waals surface area contributed by atoms with Crippen LogP contribution < -0.4 is 10.1 Å². The number of rotatable bonds is 4. The monoisotopic (exact) mass is 359 g/mol. The zero-order valence-electron chi connectivity index (χ0n) is 14.1. The molecule has 2 aromatic heterocycles. The van der Waals surface area contributed by atoms with E-state index in [-0.39, 0.29) is 17.8 Å². The van der Waals surface area contributed by atoms with E-state index in [1.165, 1.54) is 19.2 Å². The lowest BCUT2D eigenvalue weighted by Gasteiger charge is -2.23. The van der Waals surface area contributed by atoms with Gasteiger partial charge in [-0.3, -0.25) is 4.57 Å². The molecule has 2 N–H and O–H groups in total. The first-order chi connectivity index (χ1) is 12.7. The molecule has 4 rings (SSSR count). The molecule has 0 bridgehead atoms. The highest BCUT2D eigenvalue weighted by atomic mass is 19.1. The summed E-state index contributed by atoms with van der Waals surface area (Å²) in [5, 5.41) is 12.6. The minimum absolute atomic E-state index is 0.0603. The van der Waals surface area contributed by atoms with E-state index < -0.39 is 6.08 Å². The summed E-state index contributed by atoms with van der Waals surface area (Å²) in [6, 6.07) is 4.56. The fourth-order valence-corrected chi connectivity index (χ4v) is 3.04. The van der Waals surface area contributed by atoms with Crippen LogP contribution in [0.15, 0.2) is 24.5 Å². The van der Waals surface area contributed by atoms with Crippen molar-refractivity contribution in [1.82, 2.24) is 19.5 Å². The molecule has 8 nitrogen and oxygen atoms in total. The number of phenols is 1. The highest BCUT2D eigenvalue weighted by Crippen LogP contribution is 2.33. The summed E-state index contributed by atoms with van der Waals surface area (Å²) in [4.78, 5) is 12.1. The Morgan fingerprint density at radius 3 is 3.00 bits per heavy atom. The van der Waals surface area contributed by atoms with Crippen LogP contribution in [0.5, 0.6) is 11.5 Å². The number of benzene rings is 1. The van der Waals surface area contributed by atoms with Gasteiger partial charge in [-0.25, -0.2) is 4.98 Å². The maximum absolute atomic E-state index is 14.1. The summed E-state index contributed by atoms with van der Waals surface area (Å²) in [7, 11) is 1.48. The van der Waals surface area contributed by atoms with E-state index in [2.05, 4.69) is 20.3 Å². The van der Waals surface area contributed by atoms with Crippen LogP contribution in [-0.2, 0) is 4.74 Å². The first-order valence-corrected chi connectivity index (χ1v) is 8.31. The molecule has 3 heterocycles. The van der Waals surface area contributed by atoms with Crippen LogP contribution in [0.3, 0.4) is 0 Å². The number of hydrogen-bond acceptors (Lipinski definition) is 7. The topological polar surface area (TPSA) is 94.3 Å². The maximum atomic E-state index is 14.1. The van der Waals surface area contributed by atoms with Gasteiger partial charge in [-0.2, -0.15) is 14.4 Å². The van der Waals surface area contributed by atoms with E-state index >= 15 is 0 Å². The Balaban J connectivity index is 1.75. The molecule has 1 unspecified atom stereocenters. The minimum Gasteiger partial charge on any atom is -0.508 e. The number of nitrogens with one attached hydrogen (secondary N) is 1. The summed E-state index contributed by atoms with van der Waals surface area (Å²) >= 11 is 0. The number of phenolic OH excluding ortho intramolecular Hbond substituents is 1. The Morgan fingerprint density at radius 2 is 2.23 bits per heavy atom. The highest BCUT2D eigenvalue weighted by Gasteiger charge is 2.21. The number of fused-ring (bicyclic) bond motifs is 1. The molecule has 1 aliphatic rings. The van der Waals surface area contributed by atoms with Gasteiger partial charge in [-0.15, -0.1) is 0 Å². The molecule has 1 atom stereocenters. The van der Waals surface area contributed by atoms with Crippen molar-refractivity contribution >= 4 is 22.7 Å². The van der Waals surface area contributed by atoms with Crippen molar-refractivity contribution in [2.45, 2.75) is 25.5 Å². The Morgan fingerprint density at radius 1 is 1.35 bits per heavy atom. The van der Waals surface area contributed by atoms with Gasteiger partial charge in [0.05, 0.1) is 19.1 Å². The lowest BCUT2D eigenvalue weighted by molar-refractivity contribution is -0.0298. The SMILES string of the molecule is COc1cc(O)ccc1Nc1nc(F)nc2c1ncn2C1CCCCO1. The van der Waals surface area contributed by atoms with E-state index in [0.29, 0.717) is 29.2 Å². The second-order valence-corrected chi connectivity index (χ2v) is 6.00. The molecule has 1 saturated heterocycles. The summed E-state index contributed by atoms with van der Waals surface area (Å²) < 4.78 is 26.8. The Labute approximate surface area is 148 Å². The first-order valence-electron chi connectivity index (χ1n) is 8.31. The molecular weight excluding hydrogens is 341 g/mol. The van der Waals surface area contributed by atoms with Crippen molar-refractivity contribution in [1.29, 1.82) is 0 Å². The zero-order chi connectivity index (χ0) is 18.1. The molecule has 0 spiro atoms. The van der Waals surface area contributed by atoms with Crippen LogP contribution in [0.1, 0.15) is 25.5 Å². The number of aromatic hydroxyl groups is 1. The van der Waals surface area contributed by atoms with E-state index in [0.717, 1.165) is 19.3 Å². The van der Waals surface area contributed by atoms with Crippen LogP contribution in [0.4, 0.5) is 15.9 Å². The normalized spacial score (nSPS) is 17.4. The number of nitrogens with zero attached hydrogens (tertiary/aromatic N) is 4. The maximum Gasteiger partial charge on any atom is 0.312 e. The lowest BCUT2D eigenvalue weighted by Crippen LogP contribution is -2.18. The predicted molar refractivity (Wildman–Crippen MR) is 92.1 cm³/mol. The average Bonchev–Trinajstić information content (AvgIpc) is 3.07. The number of aromatic nitrogens is 4. The molecular formula is C17H18FN5O3. The van der Waals surface area contributed by atoms with Gasteiger partial charge < -0.3 is 19.9 Å². The molecule has 1 fully saturated rings. The first kappa shape index (κ1) is 16.5. The number of ether oxygens (including phenoxy) is 2. The molecule has 0 aliphatic carbocycles. The summed E-state index contributed by atoms with van der Waals surface area (Å²) in [5.41, 5.74) is 1.31. The lowest BCUT2D eigenvalue weighted by atomic mass is 10.2. The minimum atomic E-state index is -0.865. The van der Waals surface area contributed by atoms with Crippen molar-refractivity contribution < 1.29 is 19.0 Å². The van der Waals surface area contributed by atoms with Gasteiger partial charge in [0.15, 0.2) is 17.0 Å². The van der Waals surface area contributed by atoms with E-state index in [1.54, 1.807) is 17.0 Å². The smallest absolute Gasteiger partial charge is 0.312 e. The molecule has 9 heteroatoms. The molecule has 26 heavy (non-hydrogen) atoms. The molecule has 0 amide bonds. The third-order valence-corrected chi connectivity index (χ3v) is 4.30. The fraction of sp³-hybridized carbons (Fsp3) is 0.353. The van der Waals surface area contributed by atoms with Gasteiger partial charge in [0.1, 0.15) is 17.7 Å². The molecule has 0 radical (unpaired) electrons. The van der Waals surface area contributed by atoms with Crippen LogP contribution in [-0.4, -0.2) is 38.3 Å². The number of methoxy groups -OCH3 is 1. The van der Waals surface area contributed by atoms with Gasteiger partial charge in [0.2, 0.25) is 0 Å².